The number of ether oxygens (including phenoxy) is 2. The number of nitriles is 1. The molecule has 8 nitrogen and oxygen atoms in total. The standard InChI is InChI=1S/C26H23FN4O4/c1-2-34-24-13-18(7-12-23(24)35-17-20-6-4-3-5-19(20)15-28)16-29-31-26(33)14-25(32)30-22-10-8-21(27)9-11-22/h3-13,16H,2,14,17H2,1H3,(H,30,32)(H,31,33). The fraction of sp³-hybridized carbons (Fsp3) is 0.154. The molecule has 2 N–H and O–H groups in total. The summed E-state index contributed by atoms with van der Waals surface area (Å²) in [5.41, 5.74) is 4.60. The summed E-state index contributed by atoms with van der Waals surface area (Å²) in [6.07, 6.45) is 0.961. The summed E-state index contributed by atoms with van der Waals surface area (Å²) in [7, 11) is 0. The Kier molecular flexibility index (Phi) is 8.91. The number of carbonyl (C=O) groups is 2. The number of rotatable bonds is 10. The molecule has 178 valence electrons. The summed E-state index contributed by atoms with van der Waals surface area (Å²) < 4.78 is 24.4. The zero-order valence-corrected chi connectivity index (χ0v) is 19.0. The van der Waals surface area contributed by atoms with Crippen LogP contribution in [0.15, 0.2) is 71.8 Å². The Morgan fingerprint density at radius 1 is 1.03 bits per heavy atom. The first kappa shape index (κ1) is 24.9. The average molecular weight is 474 g/mol. The van der Waals surface area contributed by atoms with Gasteiger partial charge in [-0.1, -0.05) is 18.2 Å². The van der Waals surface area contributed by atoms with Crippen molar-refractivity contribution in [3.05, 3.63) is 89.2 Å². The molecule has 3 aromatic rings. The molecule has 9 heteroatoms. The summed E-state index contributed by atoms with van der Waals surface area (Å²) >= 11 is 0. The lowest BCUT2D eigenvalue weighted by Gasteiger charge is -2.13. The third kappa shape index (κ3) is 7.68. The third-order valence-corrected chi connectivity index (χ3v) is 4.64. The van der Waals surface area contributed by atoms with Crippen LogP contribution in [0.3, 0.4) is 0 Å². The number of carbonyl (C=O) groups excluding carboxylic acids is 2. The average Bonchev–Trinajstić information content (AvgIpc) is 2.85. The number of hydrogen-bond donors (Lipinski definition) is 2. The minimum Gasteiger partial charge on any atom is -0.490 e. The maximum Gasteiger partial charge on any atom is 0.249 e. The van der Waals surface area contributed by atoms with Crippen molar-refractivity contribution in [1.82, 2.24) is 5.43 Å². The maximum atomic E-state index is 12.9. The SMILES string of the molecule is CCOc1cc(C=NNC(=O)CC(=O)Nc2ccc(F)cc2)ccc1OCc1ccccc1C#N. The molecule has 0 bridgehead atoms. The summed E-state index contributed by atoms with van der Waals surface area (Å²) in [5, 5.41) is 15.6. The van der Waals surface area contributed by atoms with Crippen LogP contribution in [-0.2, 0) is 16.2 Å². The molecule has 0 spiro atoms. The van der Waals surface area contributed by atoms with Crippen molar-refractivity contribution in [1.29, 1.82) is 5.26 Å². The number of benzene rings is 3. The Bertz CT molecular complexity index is 1250. The molecule has 0 unspecified atom stereocenters. The molecule has 3 rings (SSSR count). The van der Waals surface area contributed by atoms with E-state index in [2.05, 4.69) is 21.9 Å². The predicted octanol–water partition coefficient (Wildman–Crippen LogP) is 4.15. The lowest BCUT2D eigenvalue weighted by molar-refractivity contribution is -0.126. The highest BCUT2D eigenvalue weighted by Gasteiger charge is 2.10. The second kappa shape index (κ2) is 12.5. The van der Waals surface area contributed by atoms with E-state index in [0.29, 0.717) is 34.9 Å². The number of halogens is 1. The van der Waals surface area contributed by atoms with Gasteiger partial charge in [-0.15, -0.1) is 0 Å². The van der Waals surface area contributed by atoms with Crippen molar-refractivity contribution in [2.45, 2.75) is 20.0 Å². The van der Waals surface area contributed by atoms with Crippen LogP contribution in [0, 0.1) is 17.1 Å². The van der Waals surface area contributed by atoms with Crippen LogP contribution in [0.4, 0.5) is 10.1 Å². The number of hydrazone groups is 1. The summed E-state index contributed by atoms with van der Waals surface area (Å²) in [6.45, 7) is 2.45. The van der Waals surface area contributed by atoms with Gasteiger partial charge in [0, 0.05) is 11.3 Å². The Morgan fingerprint density at radius 2 is 1.80 bits per heavy atom. The molecule has 0 aromatic heterocycles. The highest BCUT2D eigenvalue weighted by Crippen LogP contribution is 2.29. The molecular weight excluding hydrogens is 451 g/mol. The Labute approximate surface area is 202 Å². The fourth-order valence-corrected chi connectivity index (χ4v) is 3.01. The first-order chi connectivity index (χ1) is 17.0. The van der Waals surface area contributed by atoms with Gasteiger partial charge in [0.15, 0.2) is 11.5 Å². The van der Waals surface area contributed by atoms with Gasteiger partial charge in [-0.2, -0.15) is 10.4 Å². The number of amides is 2. The highest BCUT2D eigenvalue weighted by molar-refractivity contribution is 6.03. The maximum absolute atomic E-state index is 12.9. The summed E-state index contributed by atoms with van der Waals surface area (Å²) in [4.78, 5) is 23.9. The van der Waals surface area contributed by atoms with Crippen LogP contribution in [0.1, 0.15) is 30.0 Å². The molecule has 2 amide bonds. The Hall–Kier alpha value is -4.71. The van der Waals surface area contributed by atoms with Crippen molar-refractivity contribution in [2.75, 3.05) is 11.9 Å². The van der Waals surface area contributed by atoms with Gasteiger partial charge in [-0.05, 0) is 61.0 Å². The van der Waals surface area contributed by atoms with Gasteiger partial charge in [-0.25, -0.2) is 9.82 Å². The molecule has 0 saturated heterocycles. The molecule has 3 aromatic carbocycles. The molecule has 0 aliphatic heterocycles. The molecular formula is C26H23FN4O4. The molecule has 0 heterocycles. The van der Waals surface area contributed by atoms with E-state index in [-0.39, 0.29) is 6.61 Å². The fourth-order valence-electron chi connectivity index (χ4n) is 3.01. The highest BCUT2D eigenvalue weighted by atomic mass is 19.1. The van der Waals surface area contributed by atoms with Gasteiger partial charge in [0.2, 0.25) is 11.8 Å². The van der Waals surface area contributed by atoms with E-state index in [9.17, 15) is 19.2 Å². The van der Waals surface area contributed by atoms with Gasteiger partial charge in [-0.3, -0.25) is 9.59 Å². The molecule has 35 heavy (non-hydrogen) atoms. The van der Waals surface area contributed by atoms with E-state index in [1.807, 2.05) is 19.1 Å². The van der Waals surface area contributed by atoms with Crippen LogP contribution in [0.5, 0.6) is 11.5 Å². The van der Waals surface area contributed by atoms with E-state index in [0.717, 1.165) is 5.56 Å². The zero-order valence-electron chi connectivity index (χ0n) is 19.0. The predicted molar refractivity (Wildman–Crippen MR) is 128 cm³/mol. The van der Waals surface area contributed by atoms with Crippen LogP contribution in [0.25, 0.3) is 0 Å². The minimum absolute atomic E-state index is 0.202. The topological polar surface area (TPSA) is 113 Å². The van der Waals surface area contributed by atoms with Crippen LogP contribution < -0.4 is 20.2 Å². The minimum atomic E-state index is -0.609. The van der Waals surface area contributed by atoms with Gasteiger partial charge < -0.3 is 14.8 Å². The first-order valence-electron chi connectivity index (χ1n) is 10.7. The number of hydrogen-bond acceptors (Lipinski definition) is 6. The van der Waals surface area contributed by atoms with Crippen molar-refractivity contribution in [3.8, 4) is 17.6 Å². The summed E-state index contributed by atoms with van der Waals surface area (Å²) in [5.74, 6) is -0.606. The van der Waals surface area contributed by atoms with Gasteiger partial charge in [0.1, 0.15) is 18.8 Å². The number of nitrogens with zero attached hydrogens (tertiary/aromatic N) is 2. The first-order valence-corrected chi connectivity index (χ1v) is 10.7. The molecule has 0 aliphatic rings. The molecule has 0 radical (unpaired) electrons. The van der Waals surface area contributed by atoms with E-state index in [1.54, 1.807) is 30.3 Å². The monoisotopic (exact) mass is 474 g/mol. The second-order valence-electron chi connectivity index (χ2n) is 7.22. The van der Waals surface area contributed by atoms with Gasteiger partial charge >= 0.3 is 0 Å². The van der Waals surface area contributed by atoms with Crippen molar-refractivity contribution in [3.63, 3.8) is 0 Å². The lowest BCUT2D eigenvalue weighted by Crippen LogP contribution is -2.24. The van der Waals surface area contributed by atoms with Crippen LogP contribution >= 0.6 is 0 Å². The largest absolute Gasteiger partial charge is 0.490 e. The molecule has 0 fully saturated rings. The van der Waals surface area contributed by atoms with Crippen molar-refractivity contribution < 1.29 is 23.5 Å². The molecule has 0 atom stereocenters. The van der Waals surface area contributed by atoms with E-state index < -0.39 is 24.1 Å². The number of anilines is 1. The van der Waals surface area contributed by atoms with Gasteiger partial charge in [0.05, 0.1) is 24.5 Å². The summed E-state index contributed by atoms with van der Waals surface area (Å²) in [6, 6.07) is 19.7. The lowest BCUT2D eigenvalue weighted by atomic mass is 10.1. The quantitative estimate of drug-likeness (QED) is 0.260. The Morgan fingerprint density at radius 3 is 2.54 bits per heavy atom. The van der Waals surface area contributed by atoms with E-state index in [1.165, 1.54) is 30.5 Å². The molecule has 0 saturated carbocycles. The van der Waals surface area contributed by atoms with E-state index in [4.69, 9.17) is 9.47 Å². The normalized spacial score (nSPS) is 10.4. The van der Waals surface area contributed by atoms with Gasteiger partial charge in [0.25, 0.3) is 0 Å². The van der Waals surface area contributed by atoms with E-state index >= 15 is 0 Å². The van der Waals surface area contributed by atoms with Crippen LogP contribution in [0.2, 0.25) is 0 Å². The number of nitrogens with one attached hydrogen (secondary N) is 2. The Balaban J connectivity index is 1.56. The smallest absolute Gasteiger partial charge is 0.249 e. The third-order valence-electron chi connectivity index (χ3n) is 4.64. The van der Waals surface area contributed by atoms with Crippen molar-refractivity contribution in [2.24, 2.45) is 5.10 Å². The van der Waals surface area contributed by atoms with Crippen LogP contribution in [-0.4, -0.2) is 24.6 Å². The van der Waals surface area contributed by atoms with Crippen molar-refractivity contribution >= 4 is 23.7 Å². The second-order valence-corrected chi connectivity index (χ2v) is 7.22. The molecule has 0 aliphatic carbocycles. The zero-order chi connectivity index (χ0) is 25.0.